The quantitative estimate of drug-likeness (QED) is 0.470. The molecule has 28 heavy (non-hydrogen) atoms. The molecule has 0 spiro atoms. The molecule has 0 aliphatic rings. The number of nitrogens with one attached hydrogen (secondary N) is 2. The van der Waals surface area contributed by atoms with Crippen molar-refractivity contribution in [2.75, 3.05) is 5.32 Å². The molecule has 0 aliphatic heterocycles. The van der Waals surface area contributed by atoms with Crippen LogP contribution in [0.15, 0.2) is 72.8 Å². The summed E-state index contributed by atoms with van der Waals surface area (Å²) in [5.74, 6) is 0. The largest absolute Gasteiger partial charge is 0.417 e. The van der Waals surface area contributed by atoms with E-state index in [4.69, 9.17) is 23.8 Å². The molecule has 0 amide bonds. The van der Waals surface area contributed by atoms with Crippen LogP contribution in [0.25, 0.3) is 11.1 Å². The van der Waals surface area contributed by atoms with Gasteiger partial charge in [-0.05, 0) is 41.5 Å². The van der Waals surface area contributed by atoms with Crippen LogP contribution in [0.3, 0.4) is 0 Å². The van der Waals surface area contributed by atoms with Gasteiger partial charge in [0.1, 0.15) is 0 Å². The van der Waals surface area contributed by atoms with Crippen molar-refractivity contribution >= 4 is 34.6 Å². The van der Waals surface area contributed by atoms with E-state index in [1.54, 1.807) is 0 Å². The standard InChI is InChI=1S/C21H16ClF3N2S/c22-18-11-10-14(12-17(18)21(23,24)25)13-26-20(28)27-19-9-5-4-8-16(19)15-6-2-1-3-7-15/h1-12H,13H2,(H2,26,27,28). The number of halogens is 4. The lowest BCUT2D eigenvalue weighted by Crippen LogP contribution is -2.28. The van der Waals surface area contributed by atoms with Crippen molar-refractivity contribution in [3.05, 3.63) is 88.9 Å². The fourth-order valence-electron chi connectivity index (χ4n) is 2.71. The second-order valence-electron chi connectivity index (χ2n) is 6.03. The molecule has 0 unspecified atom stereocenters. The van der Waals surface area contributed by atoms with Crippen LogP contribution in [-0.2, 0) is 12.7 Å². The molecule has 3 rings (SSSR count). The zero-order valence-electron chi connectivity index (χ0n) is 14.6. The zero-order valence-corrected chi connectivity index (χ0v) is 16.1. The predicted octanol–water partition coefficient (Wildman–Crippen LogP) is 6.51. The summed E-state index contributed by atoms with van der Waals surface area (Å²) in [6.07, 6.45) is -4.50. The molecule has 3 aromatic rings. The number of para-hydroxylation sites is 1. The van der Waals surface area contributed by atoms with Gasteiger partial charge in [0.2, 0.25) is 0 Å². The van der Waals surface area contributed by atoms with Crippen molar-refractivity contribution in [2.24, 2.45) is 0 Å². The van der Waals surface area contributed by atoms with Crippen molar-refractivity contribution in [1.29, 1.82) is 0 Å². The highest BCUT2D eigenvalue weighted by Crippen LogP contribution is 2.35. The van der Waals surface area contributed by atoms with E-state index >= 15 is 0 Å². The molecular formula is C21H16ClF3N2S. The maximum absolute atomic E-state index is 13.0. The van der Waals surface area contributed by atoms with Gasteiger partial charge in [-0.2, -0.15) is 13.2 Å². The van der Waals surface area contributed by atoms with Crippen LogP contribution in [0.1, 0.15) is 11.1 Å². The molecule has 0 atom stereocenters. The Morgan fingerprint density at radius 2 is 1.61 bits per heavy atom. The fourth-order valence-corrected chi connectivity index (χ4v) is 3.12. The maximum atomic E-state index is 13.0. The van der Waals surface area contributed by atoms with Crippen molar-refractivity contribution < 1.29 is 13.2 Å². The van der Waals surface area contributed by atoms with E-state index in [0.717, 1.165) is 22.9 Å². The molecule has 0 aromatic heterocycles. The van der Waals surface area contributed by atoms with Gasteiger partial charge in [0.25, 0.3) is 0 Å². The number of anilines is 1. The Morgan fingerprint density at radius 1 is 0.929 bits per heavy atom. The number of rotatable bonds is 4. The maximum Gasteiger partial charge on any atom is 0.417 e. The summed E-state index contributed by atoms with van der Waals surface area (Å²) < 4.78 is 38.9. The highest BCUT2D eigenvalue weighted by atomic mass is 35.5. The summed E-state index contributed by atoms with van der Waals surface area (Å²) in [5, 5.41) is 6.03. The number of hydrogen-bond donors (Lipinski definition) is 2. The third kappa shape index (κ3) is 5.03. The second kappa shape index (κ2) is 8.63. The SMILES string of the molecule is FC(F)(F)c1cc(CNC(=S)Nc2ccccc2-c2ccccc2)ccc1Cl. The van der Waals surface area contributed by atoms with Crippen LogP contribution >= 0.6 is 23.8 Å². The molecule has 0 saturated carbocycles. The minimum Gasteiger partial charge on any atom is -0.358 e. The number of benzene rings is 3. The molecule has 0 radical (unpaired) electrons. The molecule has 0 fully saturated rings. The summed E-state index contributed by atoms with van der Waals surface area (Å²) in [7, 11) is 0. The molecular weight excluding hydrogens is 405 g/mol. The van der Waals surface area contributed by atoms with Crippen LogP contribution in [0.5, 0.6) is 0 Å². The normalized spacial score (nSPS) is 11.1. The van der Waals surface area contributed by atoms with Gasteiger partial charge in [-0.25, -0.2) is 0 Å². The van der Waals surface area contributed by atoms with Gasteiger partial charge in [-0.3, -0.25) is 0 Å². The average molecular weight is 421 g/mol. The smallest absolute Gasteiger partial charge is 0.358 e. The summed E-state index contributed by atoms with van der Waals surface area (Å²) in [6, 6.07) is 21.3. The van der Waals surface area contributed by atoms with E-state index in [-0.39, 0.29) is 11.6 Å². The van der Waals surface area contributed by atoms with Crippen LogP contribution in [0.4, 0.5) is 18.9 Å². The second-order valence-corrected chi connectivity index (χ2v) is 6.85. The lowest BCUT2D eigenvalue weighted by Gasteiger charge is -2.15. The Kier molecular flexibility index (Phi) is 6.21. The van der Waals surface area contributed by atoms with Crippen molar-refractivity contribution in [1.82, 2.24) is 5.32 Å². The average Bonchev–Trinajstić information content (AvgIpc) is 2.67. The third-order valence-corrected chi connectivity index (χ3v) is 4.63. The van der Waals surface area contributed by atoms with Gasteiger partial charge in [-0.15, -0.1) is 0 Å². The number of thiocarbonyl (C=S) groups is 1. The van der Waals surface area contributed by atoms with Crippen LogP contribution < -0.4 is 10.6 Å². The van der Waals surface area contributed by atoms with Crippen molar-refractivity contribution in [2.45, 2.75) is 12.7 Å². The highest BCUT2D eigenvalue weighted by molar-refractivity contribution is 7.80. The predicted molar refractivity (Wildman–Crippen MR) is 111 cm³/mol. The molecule has 0 aliphatic carbocycles. The van der Waals surface area contributed by atoms with E-state index in [1.807, 2.05) is 54.6 Å². The lowest BCUT2D eigenvalue weighted by atomic mass is 10.0. The molecule has 0 heterocycles. The molecule has 7 heteroatoms. The van der Waals surface area contributed by atoms with Crippen LogP contribution in [0, 0.1) is 0 Å². The first-order valence-corrected chi connectivity index (χ1v) is 9.18. The van der Waals surface area contributed by atoms with Crippen molar-refractivity contribution in [3.8, 4) is 11.1 Å². The molecule has 3 aromatic carbocycles. The molecule has 2 nitrogen and oxygen atoms in total. The van der Waals surface area contributed by atoms with E-state index in [1.165, 1.54) is 12.1 Å². The number of alkyl halides is 3. The molecule has 0 saturated heterocycles. The summed E-state index contributed by atoms with van der Waals surface area (Å²) in [6.45, 7) is 0.138. The lowest BCUT2D eigenvalue weighted by molar-refractivity contribution is -0.137. The molecule has 144 valence electrons. The monoisotopic (exact) mass is 420 g/mol. The summed E-state index contributed by atoms with van der Waals surface area (Å²) in [4.78, 5) is 0. The Morgan fingerprint density at radius 3 is 2.32 bits per heavy atom. The minimum absolute atomic E-state index is 0.138. The Labute approximate surface area is 171 Å². The van der Waals surface area contributed by atoms with Gasteiger partial charge in [-0.1, -0.05) is 66.2 Å². The van der Waals surface area contributed by atoms with Gasteiger partial charge in [0.15, 0.2) is 5.11 Å². The van der Waals surface area contributed by atoms with Crippen molar-refractivity contribution in [3.63, 3.8) is 0 Å². The van der Waals surface area contributed by atoms with Crippen LogP contribution in [0.2, 0.25) is 5.02 Å². The van der Waals surface area contributed by atoms with Gasteiger partial charge in [0.05, 0.1) is 10.6 Å². The van der Waals surface area contributed by atoms with E-state index in [2.05, 4.69) is 10.6 Å². The van der Waals surface area contributed by atoms with E-state index < -0.39 is 11.7 Å². The number of hydrogen-bond acceptors (Lipinski definition) is 1. The van der Waals surface area contributed by atoms with Gasteiger partial charge >= 0.3 is 6.18 Å². The summed E-state index contributed by atoms with van der Waals surface area (Å²) >= 11 is 11.0. The Bertz CT molecular complexity index is 975. The Hall–Kier alpha value is -2.57. The molecule has 2 N–H and O–H groups in total. The molecule has 0 bridgehead atoms. The van der Waals surface area contributed by atoms with E-state index in [9.17, 15) is 13.2 Å². The highest BCUT2D eigenvalue weighted by Gasteiger charge is 2.33. The topological polar surface area (TPSA) is 24.1 Å². The Balaban J connectivity index is 1.70. The van der Waals surface area contributed by atoms with Crippen LogP contribution in [-0.4, -0.2) is 5.11 Å². The van der Waals surface area contributed by atoms with E-state index in [0.29, 0.717) is 10.7 Å². The first-order valence-electron chi connectivity index (χ1n) is 8.39. The first kappa shape index (κ1) is 20.2. The minimum atomic E-state index is -4.50. The van der Waals surface area contributed by atoms with Gasteiger partial charge in [0, 0.05) is 17.8 Å². The zero-order chi connectivity index (χ0) is 20.1. The third-order valence-electron chi connectivity index (χ3n) is 4.05. The first-order chi connectivity index (χ1) is 13.3. The fraction of sp³-hybridized carbons (Fsp3) is 0.0952. The summed E-state index contributed by atoms with van der Waals surface area (Å²) in [5.41, 5.74) is 2.37. The van der Waals surface area contributed by atoms with Gasteiger partial charge < -0.3 is 10.6 Å².